The van der Waals surface area contributed by atoms with Crippen molar-refractivity contribution in [2.75, 3.05) is 7.05 Å². The molecule has 0 bridgehead atoms. The summed E-state index contributed by atoms with van der Waals surface area (Å²) in [4.78, 5) is 13.7. The lowest BCUT2D eigenvalue weighted by molar-refractivity contribution is 0.0230. The van der Waals surface area contributed by atoms with Crippen LogP contribution >= 0.6 is 15.9 Å². The Hall–Kier alpha value is -0.250. The average molecular weight is 280 g/mol. The lowest BCUT2D eigenvalue weighted by atomic mass is 10.2. The Morgan fingerprint density at radius 2 is 1.87 bits per heavy atom. The summed E-state index contributed by atoms with van der Waals surface area (Å²) < 4.78 is 5.27. The van der Waals surface area contributed by atoms with E-state index in [9.17, 15) is 4.79 Å². The molecule has 0 aromatic heterocycles. The molecule has 0 radical (unpaired) electrons. The molecule has 0 saturated heterocycles. The molecule has 0 fully saturated rings. The highest BCUT2D eigenvalue weighted by Gasteiger charge is 2.23. The summed E-state index contributed by atoms with van der Waals surface area (Å²) in [6.07, 6.45) is 0.651. The van der Waals surface area contributed by atoms with Crippen molar-refractivity contribution in [3.05, 3.63) is 0 Å². The van der Waals surface area contributed by atoms with E-state index in [2.05, 4.69) is 22.9 Å². The van der Waals surface area contributed by atoms with E-state index in [4.69, 9.17) is 4.74 Å². The number of nitrogens with zero attached hydrogens (tertiary/aromatic N) is 1. The summed E-state index contributed by atoms with van der Waals surface area (Å²) in [6, 6.07) is 0.175. The number of ether oxygens (including phenoxy) is 1. The lowest BCUT2D eigenvalue weighted by Gasteiger charge is -2.29. The fourth-order valence-electron chi connectivity index (χ4n) is 1.14. The molecule has 0 heterocycles. The zero-order valence-electron chi connectivity index (χ0n) is 10.5. The fourth-order valence-corrected chi connectivity index (χ4v) is 1.68. The Kier molecular flexibility index (Phi) is 5.63. The van der Waals surface area contributed by atoms with Crippen LogP contribution in [0, 0.1) is 0 Å². The van der Waals surface area contributed by atoms with E-state index in [1.807, 2.05) is 27.7 Å². The third-order valence-corrected chi connectivity index (χ3v) is 2.38. The van der Waals surface area contributed by atoms with Crippen LogP contribution in [0.5, 0.6) is 0 Å². The van der Waals surface area contributed by atoms with E-state index in [0.29, 0.717) is 4.83 Å². The van der Waals surface area contributed by atoms with Crippen LogP contribution < -0.4 is 0 Å². The molecule has 0 N–H and O–H groups in total. The lowest BCUT2D eigenvalue weighted by Crippen LogP contribution is -2.40. The van der Waals surface area contributed by atoms with Gasteiger partial charge >= 0.3 is 6.09 Å². The molecule has 15 heavy (non-hydrogen) atoms. The van der Waals surface area contributed by atoms with Gasteiger partial charge in [-0.15, -0.1) is 0 Å². The first kappa shape index (κ1) is 14.8. The minimum Gasteiger partial charge on any atom is -0.444 e. The molecule has 1 amide bonds. The van der Waals surface area contributed by atoms with Crippen LogP contribution in [0.1, 0.15) is 41.0 Å². The van der Waals surface area contributed by atoms with Gasteiger partial charge in [-0.2, -0.15) is 0 Å². The molecule has 0 aliphatic heterocycles. The van der Waals surface area contributed by atoms with Gasteiger partial charge in [-0.05, 0) is 34.1 Å². The van der Waals surface area contributed by atoms with Gasteiger partial charge < -0.3 is 9.64 Å². The SMILES string of the molecule is CC(Br)CC(C)N(C)C(=O)OC(C)(C)C. The van der Waals surface area contributed by atoms with Gasteiger partial charge in [0, 0.05) is 17.9 Å². The van der Waals surface area contributed by atoms with Crippen LogP contribution in [0.4, 0.5) is 4.79 Å². The highest BCUT2D eigenvalue weighted by atomic mass is 79.9. The van der Waals surface area contributed by atoms with E-state index in [0.717, 1.165) is 6.42 Å². The number of carbonyl (C=O) groups is 1. The molecular weight excluding hydrogens is 258 g/mol. The number of rotatable bonds is 3. The van der Waals surface area contributed by atoms with E-state index in [1.54, 1.807) is 11.9 Å². The van der Waals surface area contributed by atoms with Gasteiger partial charge in [0.25, 0.3) is 0 Å². The van der Waals surface area contributed by atoms with Crippen LogP contribution in [0.2, 0.25) is 0 Å². The summed E-state index contributed by atoms with van der Waals surface area (Å²) in [5.74, 6) is 0. The number of amides is 1. The molecule has 3 nitrogen and oxygen atoms in total. The number of alkyl halides is 1. The molecule has 0 aliphatic carbocycles. The summed E-state index contributed by atoms with van der Waals surface area (Å²) in [5.41, 5.74) is -0.426. The normalized spacial score (nSPS) is 15.7. The second kappa shape index (κ2) is 5.73. The monoisotopic (exact) mass is 279 g/mol. The first-order chi connectivity index (χ1) is 6.63. The Morgan fingerprint density at radius 1 is 1.40 bits per heavy atom. The zero-order valence-corrected chi connectivity index (χ0v) is 12.1. The van der Waals surface area contributed by atoms with Crippen molar-refractivity contribution in [3.63, 3.8) is 0 Å². The van der Waals surface area contributed by atoms with Gasteiger partial charge in [-0.3, -0.25) is 0 Å². The standard InChI is InChI=1S/C11H22BrNO2/c1-8(12)7-9(2)13(6)10(14)15-11(3,4)5/h8-9H,7H2,1-6H3. The fraction of sp³-hybridized carbons (Fsp3) is 0.909. The Balaban J connectivity index is 4.20. The largest absolute Gasteiger partial charge is 0.444 e. The molecule has 0 spiro atoms. The van der Waals surface area contributed by atoms with Crippen molar-refractivity contribution >= 4 is 22.0 Å². The van der Waals surface area contributed by atoms with E-state index >= 15 is 0 Å². The molecule has 0 aliphatic rings. The molecule has 90 valence electrons. The second-order valence-corrected chi connectivity index (χ2v) is 6.52. The maximum absolute atomic E-state index is 11.7. The maximum Gasteiger partial charge on any atom is 0.410 e. The smallest absolute Gasteiger partial charge is 0.410 e. The Morgan fingerprint density at radius 3 is 2.20 bits per heavy atom. The van der Waals surface area contributed by atoms with Crippen molar-refractivity contribution in [1.82, 2.24) is 4.90 Å². The highest BCUT2D eigenvalue weighted by Crippen LogP contribution is 2.15. The average Bonchev–Trinajstić information content (AvgIpc) is 1.98. The van der Waals surface area contributed by atoms with Gasteiger partial charge in [-0.25, -0.2) is 4.79 Å². The minimum absolute atomic E-state index is 0.175. The van der Waals surface area contributed by atoms with Gasteiger partial charge in [0.1, 0.15) is 5.60 Å². The predicted octanol–water partition coefficient (Wildman–Crippen LogP) is 3.42. The van der Waals surface area contributed by atoms with Crippen molar-refractivity contribution in [2.24, 2.45) is 0 Å². The molecule has 0 aromatic carbocycles. The topological polar surface area (TPSA) is 29.5 Å². The molecule has 0 aromatic rings. The van der Waals surface area contributed by atoms with Gasteiger partial charge in [0.15, 0.2) is 0 Å². The van der Waals surface area contributed by atoms with E-state index in [-0.39, 0.29) is 12.1 Å². The number of halogens is 1. The third kappa shape index (κ3) is 6.77. The molecule has 0 rings (SSSR count). The number of hydrogen-bond acceptors (Lipinski definition) is 2. The summed E-state index contributed by atoms with van der Waals surface area (Å²) in [6.45, 7) is 9.70. The third-order valence-electron chi connectivity index (χ3n) is 2.01. The summed E-state index contributed by atoms with van der Waals surface area (Å²) >= 11 is 3.48. The van der Waals surface area contributed by atoms with Crippen LogP contribution in [-0.2, 0) is 4.74 Å². The maximum atomic E-state index is 11.7. The molecule has 4 heteroatoms. The molecule has 2 unspecified atom stereocenters. The Bertz CT molecular complexity index is 211. The highest BCUT2D eigenvalue weighted by molar-refractivity contribution is 9.09. The molecule has 0 saturated carbocycles. The number of hydrogen-bond donors (Lipinski definition) is 0. The first-order valence-electron chi connectivity index (χ1n) is 5.23. The van der Waals surface area contributed by atoms with Crippen molar-refractivity contribution in [2.45, 2.75) is 57.5 Å². The molecular formula is C11H22BrNO2. The minimum atomic E-state index is -0.426. The quantitative estimate of drug-likeness (QED) is 0.741. The van der Waals surface area contributed by atoms with E-state index < -0.39 is 5.60 Å². The van der Waals surface area contributed by atoms with Gasteiger partial charge in [0.05, 0.1) is 0 Å². The molecule has 2 atom stereocenters. The van der Waals surface area contributed by atoms with Crippen molar-refractivity contribution < 1.29 is 9.53 Å². The van der Waals surface area contributed by atoms with Crippen molar-refractivity contribution in [3.8, 4) is 0 Å². The number of carbonyl (C=O) groups excluding carboxylic acids is 1. The predicted molar refractivity (Wildman–Crippen MR) is 66.5 cm³/mol. The van der Waals surface area contributed by atoms with Crippen LogP contribution in [0.15, 0.2) is 0 Å². The summed E-state index contributed by atoms with van der Waals surface area (Å²) in [7, 11) is 1.77. The van der Waals surface area contributed by atoms with Gasteiger partial charge in [0.2, 0.25) is 0 Å². The van der Waals surface area contributed by atoms with Crippen LogP contribution in [-0.4, -0.2) is 34.5 Å². The van der Waals surface area contributed by atoms with Crippen molar-refractivity contribution in [1.29, 1.82) is 0 Å². The first-order valence-corrected chi connectivity index (χ1v) is 6.15. The summed E-state index contributed by atoms with van der Waals surface area (Å²) in [5, 5.41) is 0. The van der Waals surface area contributed by atoms with Crippen LogP contribution in [0.3, 0.4) is 0 Å². The van der Waals surface area contributed by atoms with Gasteiger partial charge in [-0.1, -0.05) is 22.9 Å². The zero-order chi connectivity index (χ0) is 12.2. The second-order valence-electron chi connectivity index (χ2n) is 4.96. The van der Waals surface area contributed by atoms with Crippen LogP contribution in [0.25, 0.3) is 0 Å². The van der Waals surface area contributed by atoms with E-state index in [1.165, 1.54) is 0 Å². The Labute approximate surface area is 101 Å².